The van der Waals surface area contributed by atoms with Gasteiger partial charge in [0.25, 0.3) is 5.91 Å². The molecule has 6 heteroatoms. The van der Waals surface area contributed by atoms with Crippen molar-refractivity contribution >= 4 is 21.8 Å². The van der Waals surface area contributed by atoms with Crippen molar-refractivity contribution in [2.45, 2.75) is 37.8 Å². The number of quaternary nitrogens is 1. The number of furan rings is 1. The van der Waals surface area contributed by atoms with E-state index >= 15 is 0 Å². The van der Waals surface area contributed by atoms with Gasteiger partial charge in [-0.05, 0) is 49.9 Å². The number of nitrogens with one attached hydrogen (secondary N) is 2. The van der Waals surface area contributed by atoms with Crippen LogP contribution < -0.4 is 10.2 Å². The first kappa shape index (κ1) is 18.7. The normalized spacial score (nSPS) is 16.8. The Bertz CT molecular complexity index is 801. The topological polar surface area (TPSA) is 70.5 Å². The van der Waals surface area contributed by atoms with E-state index in [1.807, 2.05) is 43.4 Å². The van der Waals surface area contributed by atoms with E-state index in [9.17, 15) is 10.1 Å². The molecule has 1 aromatic carbocycles. The summed E-state index contributed by atoms with van der Waals surface area (Å²) in [6, 6.07) is 14.2. The van der Waals surface area contributed by atoms with E-state index < -0.39 is 5.54 Å². The number of halogens is 1. The maximum Gasteiger partial charge on any atom is 0.276 e. The van der Waals surface area contributed by atoms with Crippen molar-refractivity contribution < 1.29 is 14.1 Å². The zero-order valence-electron chi connectivity index (χ0n) is 14.8. The van der Waals surface area contributed by atoms with Crippen molar-refractivity contribution in [3.05, 3.63) is 46.6 Å². The fourth-order valence-corrected chi connectivity index (χ4v) is 3.69. The number of hydrogen-bond donors (Lipinski definition) is 2. The van der Waals surface area contributed by atoms with Crippen molar-refractivity contribution in [1.29, 1.82) is 5.26 Å². The van der Waals surface area contributed by atoms with Gasteiger partial charge in [0.2, 0.25) is 0 Å². The minimum absolute atomic E-state index is 0.0781. The summed E-state index contributed by atoms with van der Waals surface area (Å²) in [4.78, 5) is 13.3. The number of amides is 1. The van der Waals surface area contributed by atoms with Gasteiger partial charge < -0.3 is 14.6 Å². The van der Waals surface area contributed by atoms with Gasteiger partial charge >= 0.3 is 0 Å². The summed E-state index contributed by atoms with van der Waals surface area (Å²) in [5.41, 5.74) is 0.364. The Hall–Kier alpha value is -2.10. The van der Waals surface area contributed by atoms with Gasteiger partial charge in [-0.1, -0.05) is 28.1 Å². The fraction of sp³-hybridized carbons (Fsp3) is 0.400. The summed E-state index contributed by atoms with van der Waals surface area (Å²) in [7, 11) is 1.95. The molecule has 0 aliphatic heterocycles. The Morgan fingerprint density at radius 2 is 1.96 bits per heavy atom. The van der Waals surface area contributed by atoms with E-state index in [4.69, 9.17) is 4.42 Å². The summed E-state index contributed by atoms with van der Waals surface area (Å²) < 4.78 is 6.94. The maximum atomic E-state index is 12.3. The summed E-state index contributed by atoms with van der Waals surface area (Å²) in [6.07, 6.45) is 3.51. The molecule has 1 saturated carbocycles. The molecular formula is C20H23BrN3O2+. The third-order valence-electron chi connectivity index (χ3n) is 4.78. The van der Waals surface area contributed by atoms with Gasteiger partial charge in [0.15, 0.2) is 12.3 Å². The van der Waals surface area contributed by atoms with Crippen LogP contribution in [0.25, 0.3) is 11.3 Å². The quantitative estimate of drug-likeness (QED) is 0.760. The number of nitriles is 1. The van der Waals surface area contributed by atoms with Gasteiger partial charge in [-0.25, -0.2) is 0 Å². The molecule has 0 saturated heterocycles. The van der Waals surface area contributed by atoms with Crippen LogP contribution in [-0.2, 0) is 11.3 Å². The first-order valence-electron chi connectivity index (χ1n) is 8.88. The van der Waals surface area contributed by atoms with Crippen molar-refractivity contribution in [2.75, 3.05) is 13.6 Å². The summed E-state index contributed by atoms with van der Waals surface area (Å²) in [5, 5.41) is 12.3. The molecular weight excluding hydrogens is 394 g/mol. The predicted octanol–water partition coefficient (Wildman–Crippen LogP) is 2.68. The van der Waals surface area contributed by atoms with Gasteiger partial charge in [-0.3, -0.25) is 4.79 Å². The van der Waals surface area contributed by atoms with Crippen molar-refractivity contribution in [3.8, 4) is 17.4 Å². The van der Waals surface area contributed by atoms with Crippen LogP contribution in [0.1, 0.15) is 31.4 Å². The molecule has 1 aliphatic rings. The lowest BCUT2D eigenvalue weighted by atomic mass is 10.00. The van der Waals surface area contributed by atoms with Crippen LogP contribution in [0.5, 0.6) is 0 Å². The molecule has 0 radical (unpaired) electrons. The van der Waals surface area contributed by atoms with Gasteiger partial charge in [0.05, 0.1) is 13.1 Å². The molecule has 1 amide bonds. The molecule has 0 spiro atoms. The van der Waals surface area contributed by atoms with Crippen molar-refractivity contribution in [3.63, 3.8) is 0 Å². The zero-order chi connectivity index (χ0) is 18.6. The second-order valence-corrected chi connectivity index (χ2v) is 7.95. The Balaban J connectivity index is 1.55. The monoisotopic (exact) mass is 416 g/mol. The average molecular weight is 417 g/mol. The molecule has 1 heterocycles. The third-order valence-corrected chi connectivity index (χ3v) is 5.31. The van der Waals surface area contributed by atoms with E-state index in [1.54, 1.807) is 0 Å². The van der Waals surface area contributed by atoms with E-state index in [0.29, 0.717) is 13.1 Å². The van der Waals surface area contributed by atoms with Gasteiger partial charge in [0.1, 0.15) is 17.8 Å². The highest BCUT2D eigenvalue weighted by Gasteiger charge is 2.35. The molecule has 1 atom stereocenters. The second kappa shape index (κ2) is 8.07. The minimum atomic E-state index is -0.656. The molecule has 3 rings (SSSR count). The summed E-state index contributed by atoms with van der Waals surface area (Å²) in [6.45, 7) is 0.932. The number of hydrogen-bond acceptors (Lipinski definition) is 3. The second-order valence-electron chi connectivity index (χ2n) is 7.03. The largest absolute Gasteiger partial charge is 0.455 e. The number of rotatable bonds is 6. The summed E-state index contributed by atoms with van der Waals surface area (Å²) >= 11 is 3.43. The standard InChI is InChI=1S/C20H22BrN3O2/c1-24(13-19(25)23-20(14-22)10-2-3-11-20)12-17-8-9-18(26-17)15-4-6-16(21)7-5-15/h4-9H,2-3,10-13H2,1H3,(H,23,25)/p+1. The highest BCUT2D eigenvalue weighted by molar-refractivity contribution is 9.10. The molecule has 1 aromatic heterocycles. The van der Waals surface area contributed by atoms with Crippen LogP contribution in [0.2, 0.25) is 0 Å². The highest BCUT2D eigenvalue weighted by Crippen LogP contribution is 2.28. The van der Waals surface area contributed by atoms with E-state index in [1.165, 1.54) is 0 Å². The molecule has 1 fully saturated rings. The molecule has 136 valence electrons. The van der Waals surface area contributed by atoms with E-state index in [0.717, 1.165) is 52.1 Å². The van der Waals surface area contributed by atoms with Crippen LogP contribution in [0.4, 0.5) is 0 Å². The van der Waals surface area contributed by atoms with Crippen LogP contribution >= 0.6 is 15.9 Å². The Labute approximate surface area is 162 Å². The Morgan fingerprint density at radius 1 is 1.27 bits per heavy atom. The summed E-state index contributed by atoms with van der Waals surface area (Å²) in [5.74, 6) is 1.58. The lowest BCUT2D eigenvalue weighted by Gasteiger charge is -2.22. The Morgan fingerprint density at radius 3 is 2.62 bits per heavy atom. The van der Waals surface area contributed by atoms with Gasteiger partial charge in [-0.2, -0.15) is 5.26 Å². The minimum Gasteiger partial charge on any atom is -0.455 e. The van der Waals surface area contributed by atoms with E-state index in [2.05, 4.69) is 27.3 Å². The predicted molar refractivity (Wildman–Crippen MR) is 102 cm³/mol. The maximum absolute atomic E-state index is 12.3. The first-order valence-corrected chi connectivity index (χ1v) is 9.67. The zero-order valence-corrected chi connectivity index (χ0v) is 16.4. The van der Waals surface area contributed by atoms with E-state index in [-0.39, 0.29) is 5.91 Å². The third kappa shape index (κ3) is 4.54. The van der Waals surface area contributed by atoms with Crippen molar-refractivity contribution in [1.82, 2.24) is 5.32 Å². The smallest absolute Gasteiger partial charge is 0.276 e. The lowest BCUT2D eigenvalue weighted by Crippen LogP contribution is -3.09. The van der Waals surface area contributed by atoms with Crippen LogP contribution in [0.15, 0.2) is 45.3 Å². The molecule has 2 aromatic rings. The lowest BCUT2D eigenvalue weighted by molar-refractivity contribution is -0.886. The Kier molecular flexibility index (Phi) is 5.80. The SMILES string of the molecule is C[NH+](CC(=O)NC1(C#N)CCCC1)Cc1ccc(-c2ccc(Br)cc2)o1. The van der Waals surface area contributed by atoms with Gasteiger partial charge in [0, 0.05) is 10.0 Å². The number of carbonyl (C=O) groups is 1. The van der Waals surface area contributed by atoms with Gasteiger partial charge in [-0.15, -0.1) is 0 Å². The molecule has 5 nitrogen and oxygen atoms in total. The molecule has 1 aliphatic carbocycles. The molecule has 2 N–H and O–H groups in total. The molecule has 1 unspecified atom stereocenters. The number of carbonyl (C=O) groups excluding carboxylic acids is 1. The van der Waals surface area contributed by atoms with Crippen LogP contribution in [0.3, 0.4) is 0 Å². The van der Waals surface area contributed by atoms with Crippen LogP contribution in [0, 0.1) is 11.3 Å². The molecule has 26 heavy (non-hydrogen) atoms. The molecule has 0 bridgehead atoms. The fourth-order valence-electron chi connectivity index (χ4n) is 3.43. The number of likely N-dealkylation sites (N-methyl/N-ethyl adjacent to an activating group) is 1. The number of benzene rings is 1. The first-order chi connectivity index (χ1) is 12.5. The highest BCUT2D eigenvalue weighted by atomic mass is 79.9. The average Bonchev–Trinajstić information content (AvgIpc) is 3.25. The van der Waals surface area contributed by atoms with Crippen molar-refractivity contribution in [2.24, 2.45) is 0 Å². The number of nitrogens with zero attached hydrogens (tertiary/aromatic N) is 1. The van der Waals surface area contributed by atoms with Crippen LogP contribution in [-0.4, -0.2) is 25.0 Å².